The van der Waals surface area contributed by atoms with Crippen molar-refractivity contribution in [3.8, 4) is 22.5 Å². The predicted molar refractivity (Wildman–Crippen MR) is 134 cm³/mol. The van der Waals surface area contributed by atoms with E-state index in [2.05, 4.69) is 0 Å². The fourth-order valence-electron chi connectivity index (χ4n) is 3.91. The Morgan fingerprint density at radius 3 is 2.35 bits per heavy atom. The summed E-state index contributed by atoms with van der Waals surface area (Å²) < 4.78 is 13.1. The summed E-state index contributed by atoms with van der Waals surface area (Å²) in [6.45, 7) is 9.62. The number of benzene rings is 2. The maximum atomic E-state index is 13.0. The number of carbonyl (C=O) groups excluding carboxylic acids is 1. The molecule has 6 nitrogen and oxygen atoms in total. The molecule has 0 aliphatic heterocycles. The Kier molecular flexibility index (Phi) is 6.47. The zero-order chi connectivity index (χ0) is 24.6. The maximum Gasteiger partial charge on any atom is 0.339 e. The molecule has 0 spiro atoms. The van der Waals surface area contributed by atoms with Crippen molar-refractivity contribution in [1.82, 2.24) is 14.6 Å². The number of esters is 1. The molecule has 0 saturated heterocycles. The van der Waals surface area contributed by atoms with Gasteiger partial charge in [-0.05, 0) is 46.8 Å². The number of fused-ring (bicyclic) bond motifs is 1. The highest BCUT2D eigenvalue weighted by atomic mass is 35.5. The molecule has 2 aromatic carbocycles. The topological polar surface area (TPSA) is 65.7 Å². The average Bonchev–Trinajstić information content (AvgIpc) is 3.20. The largest absolute Gasteiger partial charge is 0.467 e. The first-order chi connectivity index (χ1) is 16.1. The van der Waals surface area contributed by atoms with Crippen LogP contribution in [0.5, 0.6) is 0 Å². The Morgan fingerprint density at radius 2 is 1.74 bits per heavy atom. The highest BCUT2D eigenvalue weighted by molar-refractivity contribution is 6.30. The molecule has 0 bridgehead atoms. The summed E-state index contributed by atoms with van der Waals surface area (Å²) in [7, 11) is 1.36. The van der Waals surface area contributed by atoms with Crippen LogP contribution in [0.3, 0.4) is 0 Å². The lowest BCUT2D eigenvalue weighted by Crippen LogP contribution is -2.29. The fourth-order valence-corrected chi connectivity index (χ4v) is 4.10. The molecule has 0 radical (unpaired) electrons. The average molecular weight is 478 g/mol. The van der Waals surface area contributed by atoms with E-state index in [0.29, 0.717) is 21.9 Å². The van der Waals surface area contributed by atoms with E-state index in [1.54, 1.807) is 4.52 Å². The van der Waals surface area contributed by atoms with E-state index in [4.69, 9.17) is 31.2 Å². The SMILES string of the molecule is COC(=O)[C@@H](OC(C)(C)C)c1c(C)nc2cc(-c3cccc(Cl)c3)nn2c1-c1ccc(C)cc1. The zero-order valence-electron chi connectivity index (χ0n) is 20.2. The lowest BCUT2D eigenvalue weighted by molar-refractivity contribution is -0.164. The monoisotopic (exact) mass is 477 g/mol. The first-order valence-electron chi connectivity index (χ1n) is 11.1. The molecule has 0 fully saturated rings. The van der Waals surface area contributed by atoms with Gasteiger partial charge in [-0.1, -0.05) is 53.6 Å². The summed E-state index contributed by atoms with van der Waals surface area (Å²) in [6.07, 6.45) is -0.975. The van der Waals surface area contributed by atoms with Crippen molar-refractivity contribution in [3.63, 3.8) is 0 Å². The van der Waals surface area contributed by atoms with Crippen LogP contribution in [0, 0.1) is 13.8 Å². The molecule has 0 unspecified atom stereocenters. The molecule has 7 heteroatoms. The Balaban J connectivity index is 2.04. The van der Waals surface area contributed by atoms with Crippen LogP contribution in [0.4, 0.5) is 0 Å². The minimum Gasteiger partial charge on any atom is -0.467 e. The van der Waals surface area contributed by atoms with Gasteiger partial charge in [-0.15, -0.1) is 0 Å². The molecule has 0 saturated carbocycles. The fraction of sp³-hybridized carbons (Fsp3) is 0.296. The van der Waals surface area contributed by atoms with Gasteiger partial charge in [0, 0.05) is 33.5 Å². The third-order valence-electron chi connectivity index (χ3n) is 5.42. The molecule has 2 heterocycles. The highest BCUT2D eigenvalue weighted by Gasteiger charge is 2.34. The molecule has 4 rings (SSSR count). The summed E-state index contributed by atoms with van der Waals surface area (Å²) in [5.74, 6) is -0.491. The van der Waals surface area contributed by atoms with Crippen LogP contribution in [0.15, 0.2) is 54.6 Å². The molecule has 176 valence electrons. The van der Waals surface area contributed by atoms with Crippen molar-refractivity contribution in [2.45, 2.75) is 46.3 Å². The summed E-state index contributed by atoms with van der Waals surface area (Å²) in [5, 5.41) is 5.50. The first kappa shape index (κ1) is 23.9. The van der Waals surface area contributed by atoms with E-state index in [1.165, 1.54) is 7.11 Å². The van der Waals surface area contributed by atoms with E-state index in [-0.39, 0.29) is 0 Å². The number of ether oxygens (including phenoxy) is 2. The zero-order valence-corrected chi connectivity index (χ0v) is 21.0. The van der Waals surface area contributed by atoms with E-state index in [1.807, 2.05) is 89.2 Å². The number of hydrogen-bond donors (Lipinski definition) is 0. The molecule has 0 N–H and O–H groups in total. The normalized spacial score (nSPS) is 12.7. The molecule has 0 amide bonds. The van der Waals surface area contributed by atoms with Crippen LogP contribution in [0.2, 0.25) is 5.02 Å². The van der Waals surface area contributed by atoms with E-state index < -0.39 is 17.7 Å². The second-order valence-corrected chi connectivity index (χ2v) is 9.71. The van der Waals surface area contributed by atoms with Gasteiger partial charge in [0.15, 0.2) is 11.8 Å². The molecule has 0 aliphatic rings. The van der Waals surface area contributed by atoms with Gasteiger partial charge in [0.25, 0.3) is 0 Å². The summed E-state index contributed by atoms with van der Waals surface area (Å²) in [4.78, 5) is 17.8. The third kappa shape index (κ3) is 4.83. The molecule has 1 atom stereocenters. The lowest BCUT2D eigenvalue weighted by Gasteiger charge is -2.28. The second-order valence-electron chi connectivity index (χ2n) is 9.27. The number of nitrogens with zero attached hydrogens (tertiary/aromatic N) is 3. The Hall–Kier alpha value is -3.22. The number of aromatic nitrogens is 3. The van der Waals surface area contributed by atoms with Crippen molar-refractivity contribution in [3.05, 3.63) is 76.4 Å². The minimum absolute atomic E-state index is 0.491. The highest BCUT2D eigenvalue weighted by Crippen LogP contribution is 2.36. The van der Waals surface area contributed by atoms with Crippen molar-refractivity contribution in [1.29, 1.82) is 0 Å². The molecule has 34 heavy (non-hydrogen) atoms. The molecule has 2 aromatic heterocycles. The molecule has 0 aliphatic carbocycles. The Labute approximate surface area is 204 Å². The van der Waals surface area contributed by atoms with Crippen molar-refractivity contribution in [2.24, 2.45) is 0 Å². The first-order valence-corrected chi connectivity index (χ1v) is 11.4. The van der Waals surface area contributed by atoms with E-state index >= 15 is 0 Å². The molecular formula is C27H28ClN3O3. The van der Waals surface area contributed by atoms with Gasteiger partial charge in [0.05, 0.1) is 24.1 Å². The van der Waals surface area contributed by atoms with Gasteiger partial charge >= 0.3 is 5.97 Å². The number of carbonyl (C=O) groups is 1. The van der Waals surface area contributed by atoms with Crippen LogP contribution >= 0.6 is 11.6 Å². The van der Waals surface area contributed by atoms with Crippen LogP contribution in [-0.4, -0.2) is 33.3 Å². The molecule has 4 aromatic rings. The number of aryl methyl sites for hydroxylation is 2. The van der Waals surface area contributed by atoms with Crippen molar-refractivity contribution in [2.75, 3.05) is 7.11 Å². The van der Waals surface area contributed by atoms with Gasteiger partial charge in [0.2, 0.25) is 0 Å². The Bertz CT molecular complexity index is 1350. The van der Waals surface area contributed by atoms with Gasteiger partial charge in [-0.25, -0.2) is 14.3 Å². The van der Waals surface area contributed by atoms with Crippen LogP contribution in [0.1, 0.15) is 43.7 Å². The quantitative estimate of drug-likeness (QED) is 0.313. The van der Waals surface area contributed by atoms with Gasteiger partial charge in [-0.3, -0.25) is 0 Å². The van der Waals surface area contributed by atoms with Crippen LogP contribution in [-0.2, 0) is 14.3 Å². The number of halogens is 1. The van der Waals surface area contributed by atoms with E-state index in [0.717, 1.165) is 28.1 Å². The maximum absolute atomic E-state index is 13.0. The van der Waals surface area contributed by atoms with Gasteiger partial charge in [-0.2, -0.15) is 5.10 Å². The smallest absolute Gasteiger partial charge is 0.339 e. The van der Waals surface area contributed by atoms with Crippen molar-refractivity contribution < 1.29 is 14.3 Å². The number of hydrogen-bond acceptors (Lipinski definition) is 5. The predicted octanol–water partition coefficient (Wildman–Crippen LogP) is 6.36. The summed E-state index contributed by atoms with van der Waals surface area (Å²) >= 11 is 6.22. The summed E-state index contributed by atoms with van der Waals surface area (Å²) in [6, 6.07) is 17.5. The van der Waals surface area contributed by atoms with Crippen molar-refractivity contribution >= 4 is 23.2 Å². The minimum atomic E-state index is -0.975. The Morgan fingerprint density at radius 1 is 1.03 bits per heavy atom. The second kappa shape index (κ2) is 9.20. The van der Waals surface area contributed by atoms with Gasteiger partial charge in [0.1, 0.15) is 0 Å². The molecular weight excluding hydrogens is 450 g/mol. The van der Waals surface area contributed by atoms with Crippen LogP contribution < -0.4 is 0 Å². The third-order valence-corrected chi connectivity index (χ3v) is 5.66. The standard InChI is InChI=1S/C27H28ClN3O3/c1-16-10-12-18(13-11-16)24-23(25(26(32)33-6)34-27(3,4)5)17(2)29-22-15-21(30-31(22)24)19-8-7-9-20(28)14-19/h7-15,25H,1-6H3/t25-/m0/s1. The summed E-state index contributed by atoms with van der Waals surface area (Å²) in [5.41, 5.74) is 5.71. The number of methoxy groups -OCH3 is 1. The number of rotatable bonds is 5. The van der Waals surface area contributed by atoms with Gasteiger partial charge < -0.3 is 9.47 Å². The lowest BCUT2D eigenvalue weighted by atomic mass is 9.98. The van der Waals surface area contributed by atoms with E-state index in [9.17, 15) is 4.79 Å². The van der Waals surface area contributed by atoms with Crippen LogP contribution in [0.25, 0.3) is 28.2 Å².